The molecule has 0 unspecified atom stereocenters. The molecule has 0 spiro atoms. The molecule has 82 valence electrons. The lowest BCUT2D eigenvalue weighted by atomic mass is 10.0. The maximum atomic E-state index is 5.60. The Hall–Kier alpha value is -0.950. The Morgan fingerprint density at radius 1 is 1.40 bits per heavy atom. The van der Waals surface area contributed by atoms with E-state index in [9.17, 15) is 0 Å². The van der Waals surface area contributed by atoms with Crippen LogP contribution in [0.2, 0.25) is 0 Å². The first-order chi connectivity index (χ1) is 7.15. The zero-order valence-corrected chi connectivity index (χ0v) is 10.2. The van der Waals surface area contributed by atoms with E-state index < -0.39 is 0 Å². The maximum Gasteiger partial charge on any atom is 0.122 e. The Bertz CT molecular complexity index is 342. The van der Waals surface area contributed by atoms with Crippen molar-refractivity contribution < 1.29 is 4.74 Å². The quantitative estimate of drug-likeness (QED) is 0.743. The fourth-order valence-corrected chi connectivity index (χ4v) is 1.38. The Labute approximate surface area is 96.7 Å². The lowest BCUT2D eigenvalue weighted by Gasteiger charge is -2.11. The highest BCUT2D eigenvalue weighted by atomic mass is 35.5. The topological polar surface area (TPSA) is 9.23 Å². The Balaban J connectivity index is 2.80. The molecule has 0 heterocycles. The minimum atomic E-state index is 0.520. The van der Waals surface area contributed by atoms with Gasteiger partial charge in [-0.1, -0.05) is 37.6 Å². The molecule has 0 amide bonds. The van der Waals surface area contributed by atoms with Gasteiger partial charge in [-0.2, -0.15) is 0 Å². The number of ether oxygens (including phenoxy) is 1. The van der Waals surface area contributed by atoms with Crippen LogP contribution in [0.25, 0.3) is 0 Å². The summed E-state index contributed by atoms with van der Waals surface area (Å²) in [7, 11) is 0. The lowest BCUT2D eigenvalue weighted by molar-refractivity contribution is 0.360. The molecule has 0 saturated carbocycles. The van der Waals surface area contributed by atoms with Gasteiger partial charge in [0, 0.05) is 5.54 Å². The second-order valence-corrected chi connectivity index (χ2v) is 4.10. The van der Waals surface area contributed by atoms with Crippen molar-refractivity contribution in [2.45, 2.75) is 26.7 Å². The van der Waals surface area contributed by atoms with Gasteiger partial charge in [0.2, 0.25) is 0 Å². The van der Waals surface area contributed by atoms with Gasteiger partial charge in [-0.25, -0.2) is 0 Å². The van der Waals surface area contributed by atoms with Gasteiger partial charge >= 0.3 is 0 Å². The van der Waals surface area contributed by atoms with Gasteiger partial charge in [0.25, 0.3) is 0 Å². The summed E-state index contributed by atoms with van der Waals surface area (Å²) in [4.78, 5) is 0. The van der Waals surface area contributed by atoms with Crippen LogP contribution in [0.5, 0.6) is 5.75 Å². The number of halogens is 1. The number of hydrogen-bond acceptors (Lipinski definition) is 1. The number of aryl methyl sites for hydroxylation is 1. The average Bonchev–Trinajstić information content (AvgIpc) is 2.20. The average molecular weight is 225 g/mol. The molecule has 0 aliphatic carbocycles. The highest BCUT2D eigenvalue weighted by molar-refractivity contribution is 6.25. The van der Waals surface area contributed by atoms with E-state index in [1.54, 1.807) is 6.08 Å². The van der Waals surface area contributed by atoms with E-state index in [1.807, 2.05) is 6.92 Å². The normalized spacial score (nSPS) is 11.3. The van der Waals surface area contributed by atoms with E-state index in [2.05, 4.69) is 32.0 Å². The van der Waals surface area contributed by atoms with Crippen molar-refractivity contribution in [3.63, 3.8) is 0 Å². The zero-order chi connectivity index (χ0) is 11.3. The molecule has 1 aromatic rings. The van der Waals surface area contributed by atoms with Gasteiger partial charge < -0.3 is 4.74 Å². The predicted octanol–water partition coefficient (Wildman–Crippen LogP) is 4.25. The van der Waals surface area contributed by atoms with Gasteiger partial charge in [0.15, 0.2) is 0 Å². The van der Waals surface area contributed by atoms with E-state index in [-0.39, 0.29) is 0 Å². The van der Waals surface area contributed by atoms with Crippen molar-refractivity contribution in [3.05, 3.63) is 40.9 Å². The highest BCUT2D eigenvalue weighted by Crippen LogP contribution is 2.24. The van der Waals surface area contributed by atoms with Gasteiger partial charge in [0.05, 0.1) is 0 Å². The molecule has 1 aromatic carbocycles. The molecule has 2 heteroatoms. The second-order valence-electron chi connectivity index (χ2n) is 3.85. The van der Waals surface area contributed by atoms with E-state index in [1.165, 1.54) is 11.1 Å². The van der Waals surface area contributed by atoms with Crippen LogP contribution in [0.3, 0.4) is 0 Å². The minimum Gasteiger partial charge on any atom is -0.489 e. The van der Waals surface area contributed by atoms with Crippen molar-refractivity contribution in [3.8, 4) is 5.75 Å². The zero-order valence-electron chi connectivity index (χ0n) is 9.46. The molecule has 0 aliphatic heterocycles. The smallest absolute Gasteiger partial charge is 0.122 e. The van der Waals surface area contributed by atoms with Crippen LogP contribution in [-0.2, 0) is 0 Å². The van der Waals surface area contributed by atoms with Crippen LogP contribution < -0.4 is 4.74 Å². The molecule has 0 aromatic heterocycles. The van der Waals surface area contributed by atoms with E-state index in [4.69, 9.17) is 16.3 Å². The van der Waals surface area contributed by atoms with E-state index in [0.717, 1.165) is 11.3 Å². The van der Waals surface area contributed by atoms with Gasteiger partial charge in [-0.05, 0) is 36.1 Å². The SMILES string of the molecule is Cc1ccc(C(C)C)cc1OC/C=C/Cl. The summed E-state index contributed by atoms with van der Waals surface area (Å²) < 4.78 is 5.60. The molecular weight excluding hydrogens is 208 g/mol. The summed E-state index contributed by atoms with van der Waals surface area (Å²) in [5.74, 6) is 1.47. The number of rotatable bonds is 4. The largest absolute Gasteiger partial charge is 0.489 e. The fourth-order valence-electron chi connectivity index (χ4n) is 1.31. The first kappa shape index (κ1) is 12.1. The van der Waals surface area contributed by atoms with Gasteiger partial charge in [0.1, 0.15) is 12.4 Å². The van der Waals surface area contributed by atoms with Crippen molar-refractivity contribution in [1.29, 1.82) is 0 Å². The second kappa shape index (κ2) is 5.82. The summed E-state index contributed by atoms with van der Waals surface area (Å²) in [6.45, 7) is 6.91. The monoisotopic (exact) mass is 224 g/mol. The summed E-state index contributed by atoms with van der Waals surface area (Å²) in [5.41, 5.74) is 3.93. The molecule has 15 heavy (non-hydrogen) atoms. The van der Waals surface area contributed by atoms with Gasteiger partial charge in [-0.3, -0.25) is 0 Å². The molecule has 0 N–H and O–H groups in total. The molecule has 0 radical (unpaired) electrons. The molecule has 0 saturated heterocycles. The number of benzene rings is 1. The Morgan fingerprint density at radius 2 is 2.13 bits per heavy atom. The van der Waals surface area contributed by atoms with Crippen molar-refractivity contribution >= 4 is 11.6 Å². The lowest BCUT2D eigenvalue weighted by Crippen LogP contribution is -1.97. The van der Waals surface area contributed by atoms with Crippen LogP contribution in [0, 0.1) is 6.92 Å². The third-order valence-corrected chi connectivity index (χ3v) is 2.48. The van der Waals surface area contributed by atoms with Crippen LogP contribution in [0.4, 0.5) is 0 Å². The van der Waals surface area contributed by atoms with E-state index >= 15 is 0 Å². The Kier molecular flexibility index (Phi) is 4.70. The summed E-state index contributed by atoms with van der Waals surface area (Å²) in [5, 5.41) is 0. The highest BCUT2D eigenvalue weighted by Gasteiger charge is 2.03. The molecule has 1 nitrogen and oxygen atoms in total. The van der Waals surface area contributed by atoms with Gasteiger partial charge in [-0.15, -0.1) is 0 Å². The molecule has 0 fully saturated rings. The molecule has 1 rings (SSSR count). The van der Waals surface area contributed by atoms with Crippen molar-refractivity contribution in [1.82, 2.24) is 0 Å². The first-order valence-electron chi connectivity index (χ1n) is 5.13. The van der Waals surface area contributed by atoms with Crippen molar-refractivity contribution in [2.24, 2.45) is 0 Å². The minimum absolute atomic E-state index is 0.520. The summed E-state index contributed by atoms with van der Waals surface area (Å²) >= 11 is 5.43. The standard InChI is InChI=1S/C13H17ClO/c1-10(2)12-6-5-11(3)13(9-12)15-8-4-7-14/h4-7,9-10H,8H2,1-3H3/b7-4+. The summed E-state index contributed by atoms with van der Waals surface area (Å²) in [6.07, 6.45) is 1.78. The van der Waals surface area contributed by atoms with Crippen LogP contribution in [-0.4, -0.2) is 6.61 Å². The molecule has 0 bridgehead atoms. The van der Waals surface area contributed by atoms with Crippen LogP contribution in [0.1, 0.15) is 30.9 Å². The Morgan fingerprint density at radius 3 is 2.73 bits per heavy atom. The molecular formula is C13H17ClO. The molecule has 0 aliphatic rings. The predicted molar refractivity (Wildman–Crippen MR) is 65.8 cm³/mol. The fraction of sp³-hybridized carbons (Fsp3) is 0.385. The van der Waals surface area contributed by atoms with Crippen LogP contribution >= 0.6 is 11.6 Å². The third kappa shape index (κ3) is 3.60. The summed E-state index contributed by atoms with van der Waals surface area (Å²) in [6, 6.07) is 6.33. The molecule has 0 atom stereocenters. The van der Waals surface area contributed by atoms with E-state index in [0.29, 0.717) is 12.5 Å². The third-order valence-electron chi connectivity index (χ3n) is 2.30. The van der Waals surface area contributed by atoms with Crippen LogP contribution in [0.15, 0.2) is 29.8 Å². The van der Waals surface area contributed by atoms with Crippen molar-refractivity contribution in [2.75, 3.05) is 6.61 Å². The first-order valence-corrected chi connectivity index (χ1v) is 5.57. The maximum absolute atomic E-state index is 5.60. The number of hydrogen-bond donors (Lipinski definition) is 0.